The van der Waals surface area contributed by atoms with E-state index in [1.807, 2.05) is 13.1 Å². The van der Waals surface area contributed by atoms with Crippen LogP contribution in [0.3, 0.4) is 0 Å². The highest BCUT2D eigenvalue weighted by molar-refractivity contribution is 5.78. The van der Waals surface area contributed by atoms with Gasteiger partial charge in [-0.1, -0.05) is 42.5 Å². The van der Waals surface area contributed by atoms with Crippen LogP contribution in [0, 0.1) is 5.82 Å². The Bertz CT molecular complexity index is 701. The van der Waals surface area contributed by atoms with Crippen molar-refractivity contribution < 1.29 is 9.18 Å². The minimum absolute atomic E-state index is 0.0832. The summed E-state index contributed by atoms with van der Waals surface area (Å²) < 4.78 is 13.6. The predicted octanol–water partition coefficient (Wildman–Crippen LogP) is 3.06. The minimum atomic E-state index is -0.286. The molecule has 1 N–H and O–H groups in total. The summed E-state index contributed by atoms with van der Waals surface area (Å²) in [6.45, 7) is 0.536. The van der Waals surface area contributed by atoms with Gasteiger partial charge in [0.25, 0.3) is 0 Å². The number of nitrogens with one attached hydrogen (secondary N) is 1. The molecule has 1 atom stereocenters. The zero-order valence-electron chi connectivity index (χ0n) is 13.3. The van der Waals surface area contributed by atoms with Crippen molar-refractivity contribution in [3.63, 3.8) is 0 Å². The van der Waals surface area contributed by atoms with Crippen LogP contribution in [0.2, 0.25) is 0 Å². The Labute approximate surface area is 136 Å². The maximum Gasteiger partial charge on any atom is 0.234 e. The van der Waals surface area contributed by atoms with Gasteiger partial charge in [0.05, 0.1) is 6.54 Å². The Morgan fingerprint density at radius 3 is 2.78 bits per heavy atom. The number of rotatable bonds is 5. The van der Waals surface area contributed by atoms with Crippen molar-refractivity contribution in [3.8, 4) is 0 Å². The maximum absolute atomic E-state index is 13.6. The van der Waals surface area contributed by atoms with Gasteiger partial charge in [0.1, 0.15) is 5.82 Å². The van der Waals surface area contributed by atoms with Gasteiger partial charge in [-0.3, -0.25) is 9.69 Å². The van der Waals surface area contributed by atoms with E-state index in [1.165, 1.54) is 17.2 Å². The molecule has 0 fully saturated rings. The molecule has 120 valence electrons. The monoisotopic (exact) mass is 312 g/mol. The van der Waals surface area contributed by atoms with Crippen LogP contribution in [0.5, 0.6) is 0 Å². The first-order valence-electron chi connectivity index (χ1n) is 7.93. The van der Waals surface area contributed by atoms with Gasteiger partial charge in [0.15, 0.2) is 0 Å². The molecule has 0 aliphatic heterocycles. The number of amides is 1. The molecule has 1 aliphatic carbocycles. The molecule has 1 amide bonds. The standard InChI is InChI=1S/C19H21FN2O/c1-22(18-11-10-14-6-2-4-8-16(14)18)13-19(23)21-12-15-7-3-5-9-17(15)20/h2-9,18H,10-13H2,1H3,(H,21,23). The fourth-order valence-electron chi connectivity index (χ4n) is 3.22. The topological polar surface area (TPSA) is 32.3 Å². The maximum atomic E-state index is 13.6. The summed E-state index contributed by atoms with van der Waals surface area (Å²) in [6.07, 6.45) is 2.10. The van der Waals surface area contributed by atoms with Crippen LogP contribution in [-0.2, 0) is 17.8 Å². The van der Waals surface area contributed by atoms with E-state index >= 15 is 0 Å². The van der Waals surface area contributed by atoms with E-state index in [-0.39, 0.29) is 24.3 Å². The van der Waals surface area contributed by atoms with Crippen molar-refractivity contribution in [1.29, 1.82) is 0 Å². The Morgan fingerprint density at radius 2 is 1.96 bits per heavy atom. The molecule has 1 unspecified atom stereocenters. The van der Waals surface area contributed by atoms with Gasteiger partial charge < -0.3 is 5.32 Å². The van der Waals surface area contributed by atoms with Gasteiger partial charge in [0.2, 0.25) is 5.91 Å². The van der Waals surface area contributed by atoms with E-state index in [4.69, 9.17) is 0 Å². The van der Waals surface area contributed by atoms with Crippen molar-refractivity contribution >= 4 is 5.91 Å². The lowest BCUT2D eigenvalue weighted by atomic mass is 10.1. The molecule has 4 heteroatoms. The summed E-state index contributed by atoms with van der Waals surface area (Å²) in [5.74, 6) is -0.369. The van der Waals surface area contributed by atoms with Crippen molar-refractivity contribution in [2.75, 3.05) is 13.6 Å². The molecular formula is C19H21FN2O. The van der Waals surface area contributed by atoms with Crippen LogP contribution in [-0.4, -0.2) is 24.4 Å². The molecule has 1 aliphatic rings. The van der Waals surface area contributed by atoms with Gasteiger partial charge in [-0.05, 0) is 37.1 Å². The Balaban J connectivity index is 1.55. The summed E-state index contributed by atoms with van der Waals surface area (Å²) in [7, 11) is 1.97. The third kappa shape index (κ3) is 3.59. The smallest absolute Gasteiger partial charge is 0.234 e. The Kier molecular flexibility index (Phi) is 4.72. The van der Waals surface area contributed by atoms with Crippen molar-refractivity contribution in [1.82, 2.24) is 10.2 Å². The second kappa shape index (κ2) is 6.92. The van der Waals surface area contributed by atoms with Gasteiger partial charge in [-0.2, -0.15) is 0 Å². The average Bonchev–Trinajstić information content (AvgIpc) is 2.98. The van der Waals surface area contributed by atoms with E-state index in [1.54, 1.807) is 18.2 Å². The number of nitrogens with zero attached hydrogens (tertiary/aromatic N) is 1. The number of carbonyl (C=O) groups excluding carboxylic acids is 1. The molecule has 0 radical (unpaired) electrons. The van der Waals surface area contributed by atoms with Gasteiger partial charge in [-0.25, -0.2) is 4.39 Å². The predicted molar refractivity (Wildman–Crippen MR) is 88.4 cm³/mol. The van der Waals surface area contributed by atoms with Crippen molar-refractivity contribution in [2.45, 2.75) is 25.4 Å². The third-order valence-corrected chi connectivity index (χ3v) is 4.46. The summed E-state index contributed by atoms with van der Waals surface area (Å²) in [6, 6.07) is 15.2. The molecule has 2 aromatic rings. The molecule has 23 heavy (non-hydrogen) atoms. The highest BCUT2D eigenvalue weighted by atomic mass is 19.1. The van der Waals surface area contributed by atoms with E-state index < -0.39 is 0 Å². The number of carbonyl (C=O) groups is 1. The second-order valence-corrected chi connectivity index (χ2v) is 6.04. The lowest BCUT2D eigenvalue weighted by Crippen LogP contribution is -2.36. The lowest BCUT2D eigenvalue weighted by Gasteiger charge is -2.24. The van der Waals surface area contributed by atoms with E-state index in [2.05, 4.69) is 28.4 Å². The third-order valence-electron chi connectivity index (χ3n) is 4.46. The fourth-order valence-corrected chi connectivity index (χ4v) is 3.22. The number of fused-ring (bicyclic) bond motifs is 1. The average molecular weight is 312 g/mol. The molecule has 0 heterocycles. The summed E-state index contributed by atoms with van der Waals surface area (Å²) >= 11 is 0. The van der Waals surface area contributed by atoms with Gasteiger partial charge in [-0.15, -0.1) is 0 Å². The SMILES string of the molecule is CN(CC(=O)NCc1ccccc1F)C1CCc2ccccc21. The number of hydrogen-bond donors (Lipinski definition) is 1. The highest BCUT2D eigenvalue weighted by Crippen LogP contribution is 2.34. The van der Waals surface area contributed by atoms with Gasteiger partial charge in [0, 0.05) is 18.2 Å². The Morgan fingerprint density at radius 1 is 1.22 bits per heavy atom. The van der Waals surface area contributed by atoms with Gasteiger partial charge >= 0.3 is 0 Å². The summed E-state index contributed by atoms with van der Waals surface area (Å²) in [5.41, 5.74) is 3.20. The second-order valence-electron chi connectivity index (χ2n) is 6.04. The molecule has 0 spiro atoms. The van der Waals surface area contributed by atoms with Crippen molar-refractivity contribution in [3.05, 3.63) is 71.0 Å². The highest BCUT2D eigenvalue weighted by Gasteiger charge is 2.26. The molecule has 0 bridgehead atoms. The molecule has 0 saturated heterocycles. The summed E-state index contributed by atoms with van der Waals surface area (Å²) in [4.78, 5) is 14.2. The molecule has 2 aromatic carbocycles. The molecule has 3 nitrogen and oxygen atoms in total. The largest absolute Gasteiger partial charge is 0.351 e. The number of benzene rings is 2. The van der Waals surface area contributed by atoms with E-state index in [9.17, 15) is 9.18 Å². The van der Waals surface area contributed by atoms with Crippen molar-refractivity contribution in [2.24, 2.45) is 0 Å². The first kappa shape index (κ1) is 15.7. The van der Waals surface area contributed by atoms with Crippen LogP contribution < -0.4 is 5.32 Å². The number of aryl methyl sites for hydroxylation is 1. The Hall–Kier alpha value is -2.20. The summed E-state index contributed by atoms with van der Waals surface area (Å²) in [5, 5.41) is 2.80. The molecule has 0 saturated carbocycles. The zero-order chi connectivity index (χ0) is 16.2. The number of likely N-dealkylation sites (N-methyl/N-ethyl adjacent to an activating group) is 1. The quantitative estimate of drug-likeness (QED) is 0.920. The van der Waals surface area contributed by atoms with Crippen LogP contribution in [0.15, 0.2) is 48.5 Å². The fraction of sp³-hybridized carbons (Fsp3) is 0.316. The van der Waals surface area contributed by atoms with Crippen LogP contribution >= 0.6 is 0 Å². The van der Waals surface area contributed by atoms with Crippen LogP contribution in [0.4, 0.5) is 4.39 Å². The normalized spacial score (nSPS) is 16.4. The molecule has 3 rings (SSSR count). The first-order chi connectivity index (χ1) is 11.1. The van der Waals surface area contributed by atoms with Crippen LogP contribution in [0.25, 0.3) is 0 Å². The van der Waals surface area contributed by atoms with E-state index in [0.29, 0.717) is 12.1 Å². The first-order valence-corrected chi connectivity index (χ1v) is 7.93. The number of halogens is 1. The van der Waals surface area contributed by atoms with E-state index in [0.717, 1.165) is 12.8 Å². The zero-order valence-corrected chi connectivity index (χ0v) is 13.3. The minimum Gasteiger partial charge on any atom is -0.351 e. The number of hydrogen-bond acceptors (Lipinski definition) is 2. The molecule has 0 aromatic heterocycles. The lowest BCUT2D eigenvalue weighted by molar-refractivity contribution is -0.122. The van der Waals surface area contributed by atoms with Crippen LogP contribution in [0.1, 0.15) is 29.2 Å². The molecular weight excluding hydrogens is 291 g/mol.